The number of quaternary nitrogens is 1. The van der Waals surface area contributed by atoms with Crippen LogP contribution < -0.4 is 40.4 Å². The number of nitrogens with zero attached hydrogens (tertiary/aromatic N) is 1. The van der Waals surface area contributed by atoms with Gasteiger partial charge in [0.2, 0.25) is 12.6 Å². The number of primary amides is 1. The van der Waals surface area contributed by atoms with Crippen molar-refractivity contribution in [1.29, 1.82) is 0 Å². The molecular weight excluding hydrogens is 868 g/mol. The van der Waals surface area contributed by atoms with Gasteiger partial charge >= 0.3 is 41.5 Å². The van der Waals surface area contributed by atoms with Gasteiger partial charge in [0.1, 0.15) is 28.4 Å². The first-order valence-corrected chi connectivity index (χ1v) is 23.4. The van der Waals surface area contributed by atoms with Crippen molar-refractivity contribution in [2.24, 2.45) is 29.4 Å². The summed E-state index contributed by atoms with van der Waals surface area (Å²) in [6.07, 6.45) is -2.50. The monoisotopic (exact) mass is 942 g/mol. The van der Waals surface area contributed by atoms with Gasteiger partial charge in [0.25, 0.3) is 0 Å². The summed E-state index contributed by atoms with van der Waals surface area (Å²) in [5, 5.41) is 12.7. The van der Waals surface area contributed by atoms with Crippen LogP contribution in [0.3, 0.4) is 0 Å². The number of carboxylic acid groups (broad SMARTS) is 1. The van der Waals surface area contributed by atoms with Crippen LogP contribution in [0.25, 0.3) is 0 Å². The molecule has 1 rings (SSSR count). The molecule has 5 unspecified atom stereocenters. The molecule has 0 aliphatic rings. The van der Waals surface area contributed by atoms with Gasteiger partial charge in [-0.2, -0.15) is 0 Å². The Morgan fingerprint density at radius 1 is 0.672 bits per heavy atom. The van der Waals surface area contributed by atoms with E-state index in [9.17, 15) is 37.3 Å². The summed E-state index contributed by atoms with van der Waals surface area (Å²) in [5.41, 5.74) is 6.08. The van der Waals surface area contributed by atoms with Crippen molar-refractivity contribution < 1.29 is 109 Å². The predicted octanol–water partition coefficient (Wildman–Crippen LogP) is -0.206. The Hall–Kier alpha value is -2.27. The van der Waals surface area contributed by atoms with Crippen LogP contribution in [0.4, 0.5) is 0 Å². The number of carbonyl (C=O) groups is 4. The van der Waals surface area contributed by atoms with E-state index in [-0.39, 0.29) is 108 Å². The third kappa shape index (κ3) is 25.0. The van der Waals surface area contributed by atoms with E-state index in [1.165, 1.54) is 12.1 Å². The first kappa shape index (κ1) is 61.7. The van der Waals surface area contributed by atoms with E-state index in [1.807, 2.05) is 48.7 Å². The number of carboxylic acids is 1. The van der Waals surface area contributed by atoms with Crippen molar-refractivity contribution in [3.63, 3.8) is 0 Å². The fourth-order valence-electron chi connectivity index (χ4n) is 6.51. The maximum Gasteiger partial charge on any atom is 1.00 e. The minimum absolute atomic E-state index is 0. The predicted molar refractivity (Wildman–Crippen MR) is 229 cm³/mol. The summed E-state index contributed by atoms with van der Waals surface area (Å²) in [4.78, 5) is 52.6. The number of carbonyl (C=O) groups excluding carboxylic acids is 4. The topological polar surface area (TPSA) is 248 Å². The van der Waals surface area contributed by atoms with Crippen LogP contribution in [0.5, 0.6) is 0 Å². The van der Waals surface area contributed by atoms with Crippen LogP contribution in [-0.2, 0) is 67.2 Å². The first-order chi connectivity index (χ1) is 29.7. The maximum atomic E-state index is 14.6. The zero-order valence-corrected chi connectivity index (χ0v) is 42.7. The SMILES string of the molecule is CCOCC(COCC)OCC(COC(COCC)COCC)OC(=O)C(CC(CC(CC)C(N)=O)C(=O)[O-])CC(CC(C)C(=O)OC[N+](C)(C)CC)c1ccc(S(=O)(=O)[O-])cc1.[Na+]. The molecule has 0 aliphatic carbocycles. The Morgan fingerprint density at radius 3 is 1.53 bits per heavy atom. The Balaban J connectivity index is 0.0000397. The normalized spacial score (nSPS) is 14.5. The molecule has 0 saturated carbocycles. The molecule has 0 saturated heterocycles. The summed E-state index contributed by atoms with van der Waals surface area (Å²) in [6, 6.07) is 5.11. The van der Waals surface area contributed by atoms with Crippen LogP contribution in [0.15, 0.2) is 29.2 Å². The van der Waals surface area contributed by atoms with Crippen molar-refractivity contribution in [2.75, 3.05) is 93.4 Å². The van der Waals surface area contributed by atoms with Gasteiger partial charge in [-0.3, -0.25) is 18.9 Å². The molecule has 0 bridgehead atoms. The van der Waals surface area contributed by atoms with E-state index in [1.54, 1.807) is 13.8 Å². The molecule has 0 fully saturated rings. The molecule has 364 valence electrons. The molecule has 5 atom stereocenters. The summed E-state index contributed by atoms with van der Waals surface area (Å²) >= 11 is 0. The smallest absolute Gasteiger partial charge is 0.744 e. The number of nitrogens with two attached hydrogens (primary N) is 1. The van der Waals surface area contributed by atoms with Crippen molar-refractivity contribution in [3.8, 4) is 0 Å². The standard InChI is InChI=1S/C44H76N2O16S.Na/c1-10-32(41(45)47)21-35(42(48)49)23-36(22-34(33-16-18-40(19-17-33)63(52,53)54)20-31(7)43(50)61-30-46(8,9)11-2)44(51)62-39(28-59-37(24-55-12-3)25-56-13-4)29-60-38(26-57-14-5)27-58-15-6;/h16-19,31-32,34-39H,10-15,20-30H2,1-9H3,(H3-,45,47,48,49,52,53,54);/q;+1/p-1. The van der Waals surface area contributed by atoms with E-state index < -0.39 is 86.7 Å². The largest absolute Gasteiger partial charge is 1.00 e. The number of amides is 1. The van der Waals surface area contributed by atoms with Gasteiger partial charge in [0.15, 0.2) is 0 Å². The molecule has 1 aromatic rings. The fraction of sp³-hybridized carbons (Fsp3) is 0.773. The number of esters is 2. The van der Waals surface area contributed by atoms with Gasteiger partial charge < -0.3 is 58.1 Å². The number of hydrogen-bond donors (Lipinski definition) is 1. The van der Waals surface area contributed by atoms with E-state index in [0.29, 0.717) is 43.0 Å². The van der Waals surface area contributed by atoms with E-state index >= 15 is 0 Å². The van der Waals surface area contributed by atoms with Crippen molar-refractivity contribution >= 4 is 33.9 Å². The molecule has 18 nitrogen and oxygen atoms in total. The van der Waals surface area contributed by atoms with Gasteiger partial charge in [0.05, 0.1) is 77.0 Å². The van der Waals surface area contributed by atoms with E-state index in [4.69, 9.17) is 43.6 Å². The molecule has 1 aromatic carbocycles. The third-order valence-electron chi connectivity index (χ3n) is 10.7. The van der Waals surface area contributed by atoms with Crippen molar-refractivity contribution in [3.05, 3.63) is 29.8 Å². The maximum absolute atomic E-state index is 14.6. The second kappa shape index (κ2) is 33.2. The molecule has 64 heavy (non-hydrogen) atoms. The van der Waals surface area contributed by atoms with E-state index in [2.05, 4.69) is 0 Å². The van der Waals surface area contributed by atoms with Crippen LogP contribution in [0.1, 0.15) is 92.1 Å². The summed E-state index contributed by atoms with van der Waals surface area (Å²) in [6.45, 7) is 15.5. The van der Waals surface area contributed by atoms with Gasteiger partial charge in [-0.1, -0.05) is 26.0 Å². The van der Waals surface area contributed by atoms with Crippen LogP contribution in [0.2, 0.25) is 0 Å². The fourth-order valence-corrected chi connectivity index (χ4v) is 6.98. The molecule has 0 aliphatic heterocycles. The van der Waals surface area contributed by atoms with Gasteiger partial charge in [-0.25, -0.2) is 8.42 Å². The molecule has 0 aromatic heterocycles. The first-order valence-electron chi connectivity index (χ1n) is 22.0. The molecule has 0 radical (unpaired) electrons. The molecule has 20 heteroatoms. The average Bonchev–Trinajstić information content (AvgIpc) is 3.24. The molecular formula is C44H75N2NaO16S. The molecule has 0 spiro atoms. The number of rotatable bonds is 37. The Morgan fingerprint density at radius 2 is 1.14 bits per heavy atom. The Kier molecular flexibility index (Phi) is 32.1. The number of benzene rings is 1. The van der Waals surface area contributed by atoms with Crippen LogP contribution >= 0.6 is 0 Å². The summed E-state index contributed by atoms with van der Waals surface area (Å²) in [5.74, 6) is -8.40. The minimum Gasteiger partial charge on any atom is -0.744 e. The quantitative estimate of drug-likeness (QED) is 0.0298. The minimum atomic E-state index is -4.81. The molecule has 2 N–H and O–H groups in total. The van der Waals surface area contributed by atoms with Crippen LogP contribution in [-0.4, -0.2) is 153 Å². The molecule has 0 heterocycles. The Bertz CT molecular complexity index is 1550. The number of ether oxygens (including phenoxy) is 8. The third-order valence-corrected chi connectivity index (χ3v) is 11.6. The van der Waals surface area contributed by atoms with Gasteiger partial charge in [-0.15, -0.1) is 0 Å². The zero-order valence-electron chi connectivity index (χ0n) is 39.9. The summed E-state index contributed by atoms with van der Waals surface area (Å²) in [7, 11) is -1.01. The van der Waals surface area contributed by atoms with Crippen LogP contribution in [0, 0.1) is 23.7 Å². The number of hydrogen-bond acceptors (Lipinski definition) is 16. The van der Waals surface area contributed by atoms with Crippen molar-refractivity contribution in [1.82, 2.24) is 0 Å². The van der Waals surface area contributed by atoms with E-state index in [0.717, 1.165) is 12.1 Å². The van der Waals surface area contributed by atoms with Gasteiger partial charge in [-0.05, 0) is 90.3 Å². The average molecular weight is 943 g/mol. The second-order valence-electron chi connectivity index (χ2n) is 16.2. The Labute approximate surface area is 403 Å². The summed E-state index contributed by atoms with van der Waals surface area (Å²) < 4.78 is 82.5. The zero-order chi connectivity index (χ0) is 47.6. The number of aliphatic carboxylic acids is 1. The molecule has 1 amide bonds. The van der Waals surface area contributed by atoms with Crippen molar-refractivity contribution in [2.45, 2.75) is 110 Å². The second-order valence-corrected chi connectivity index (χ2v) is 17.6. The van der Waals surface area contributed by atoms with Gasteiger partial charge in [0, 0.05) is 44.2 Å².